The van der Waals surface area contributed by atoms with Gasteiger partial charge in [0, 0.05) is 18.7 Å². The number of nitrogens with one attached hydrogen (secondary N) is 3. The minimum absolute atomic E-state index is 0.0715. The zero-order chi connectivity index (χ0) is 48.7. The molecule has 4 rings (SSSR count). The fourth-order valence-corrected chi connectivity index (χ4v) is 7.50. The number of carbonyl (C=O) groups excluding carboxylic acids is 7. The Labute approximate surface area is 391 Å². The van der Waals surface area contributed by atoms with Gasteiger partial charge in [0.05, 0.1) is 61.7 Å². The Morgan fingerprint density at radius 1 is 0.836 bits per heavy atom. The van der Waals surface area contributed by atoms with Gasteiger partial charge in [0.1, 0.15) is 23.4 Å². The number of hydrogen-bond donors (Lipinski definition) is 3. The van der Waals surface area contributed by atoms with Crippen LogP contribution in [-0.4, -0.2) is 98.8 Å². The molecule has 3 N–H and O–H groups in total. The van der Waals surface area contributed by atoms with Gasteiger partial charge in [-0.15, -0.1) is 0 Å². The lowest BCUT2D eigenvalue weighted by atomic mass is 9.90. The molecule has 0 aliphatic carbocycles. The summed E-state index contributed by atoms with van der Waals surface area (Å²) in [6.07, 6.45) is 7.55. The van der Waals surface area contributed by atoms with Crippen molar-refractivity contribution in [3.05, 3.63) is 71.2 Å². The number of unbranched alkanes of at least 4 members (excludes halogenated alkanes) is 4. The zero-order valence-corrected chi connectivity index (χ0v) is 39.3. The Morgan fingerprint density at radius 3 is 2.21 bits per heavy atom. The molecule has 2 heterocycles. The summed E-state index contributed by atoms with van der Waals surface area (Å²) in [5.74, 6) is -5.31. The van der Waals surface area contributed by atoms with Crippen molar-refractivity contribution in [3.8, 4) is 17.1 Å². The van der Waals surface area contributed by atoms with Crippen LogP contribution in [0.5, 0.6) is 5.75 Å². The van der Waals surface area contributed by atoms with Crippen LogP contribution in [0, 0.1) is 11.7 Å². The Hall–Kier alpha value is -6.46. The molecule has 3 aromatic rings. The van der Waals surface area contributed by atoms with E-state index in [1.807, 2.05) is 25.7 Å². The SMILES string of the molecule is CCCCC[C@@H](C(=O)NCNC(=O)c1ccc(-c2ccc(C(=O)N[C@@H](CC(=O)OCCCC)C(=O)OCCCC)c(OCC)c2)o1)[C@@H](CC)N(C=O)OC(=O)c1ccc(N2CCCC2)c(F)c1. The van der Waals surface area contributed by atoms with Crippen molar-refractivity contribution in [3.63, 3.8) is 0 Å². The second kappa shape index (κ2) is 27.9. The molecular weight excluding hydrogens is 870 g/mol. The van der Waals surface area contributed by atoms with Crippen LogP contribution in [0.1, 0.15) is 143 Å². The van der Waals surface area contributed by atoms with Crippen LogP contribution in [0.3, 0.4) is 0 Å². The van der Waals surface area contributed by atoms with Gasteiger partial charge >= 0.3 is 17.9 Å². The first kappa shape index (κ1) is 53.2. The predicted octanol–water partition coefficient (Wildman–Crippen LogP) is 7.27. The lowest BCUT2D eigenvalue weighted by Crippen LogP contribution is -2.49. The number of carbonyl (C=O) groups is 7. The topological polar surface area (TPSA) is 212 Å². The summed E-state index contributed by atoms with van der Waals surface area (Å²) in [5.41, 5.74) is 0.827. The molecule has 1 saturated heterocycles. The monoisotopic (exact) mass is 935 g/mol. The van der Waals surface area contributed by atoms with Crippen molar-refractivity contribution in [1.29, 1.82) is 0 Å². The van der Waals surface area contributed by atoms with Crippen LogP contribution in [0.25, 0.3) is 11.3 Å². The number of nitrogens with zero attached hydrogens (tertiary/aromatic N) is 2. The molecule has 2 aromatic carbocycles. The Balaban J connectivity index is 1.41. The Kier molecular flexibility index (Phi) is 22.1. The van der Waals surface area contributed by atoms with E-state index < -0.39 is 65.9 Å². The van der Waals surface area contributed by atoms with Gasteiger partial charge < -0.3 is 44.3 Å². The summed E-state index contributed by atoms with van der Waals surface area (Å²) in [6.45, 7) is 11.0. The number of ether oxygens (including phenoxy) is 3. The summed E-state index contributed by atoms with van der Waals surface area (Å²) in [7, 11) is 0. The third-order valence-electron chi connectivity index (χ3n) is 11.2. The van der Waals surface area contributed by atoms with Crippen LogP contribution < -0.4 is 25.6 Å². The van der Waals surface area contributed by atoms with Crippen LogP contribution >= 0.6 is 0 Å². The average Bonchev–Trinajstić information content (AvgIpc) is 4.05. The van der Waals surface area contributed by atoms with Crippen molar-refractivity contribution >= 4 is 47.7 Å². The van der Waals surface area contributed by atoms with Gasteiger partial charge in [-0.25, -0.2) is 14.0 Å². The predicted molar refractivity (Wildman–Crippen MR) is 246 cm³/mol. The van der Waals surface area contributed by atoms with E-state index in [-0.39, 0.29) is 61.3 Å². The maximum Gasteiger partial charge on any atom is 0.363 e. The van der Waals surface area contributed by atoms with Gasteiger partial charge in [0.15, 0.2) is 5.76 Å². The highest BCUT2D eigenvalue weighted by Crippen LogP contribution is 2.30. The molecule has 0 spiro atoms. The summed E-state index contributed by atoms with van der Waals surface area (Å²) >= 11 is 0. The zero-order valence-electron chi connectivity index (χ0n) is 39.3. The molecule has 67 heavy (non-hydrogen) atoms. The van der Waals surface area contributed by atoms with Gasteiger partial charge in [-0.1, -0.05) is 65.9 Å². The molecule has 1 aliphatic heterocycles. The molecule has 0 radical (unpaired) electrons. The minimum atomic E-state index is -1.30. The van der Waals surface area contributed by atoms with E-state index in [9.17, 15) is 33.6 Å². The van der Waals surface area contributed by atoms with Gasteiger partial charge in [0.25, 0.3) is 11.8 Å². The number of halogens is 1. The number of anilines is 1. The molecule has 0 bridgehead atoms. The first-order valence-corrected chi connectivity index (χ1v) is 23.5. The van der Waals surface area contributed by atoms with Gasteiger partial charge in [0.2, 0.25) is 12.3 Å². The average molecular weight is 936 g/mol. The largest absolute Gasteiger partial charge is 0.493 e. The number of hydroxylamine groups is 2. The molecule has 1 aliphatic rings. The van der Waals surface area contributed by atoms with Crippen molar-refractivity contribution in [2.24, 2.45) is 5.92 Å². The summed E-state index contributed by atoms with van der Waals surface area (Å²) in [4.78, 5) is 98.9. The Morgan fingerprint density at radius 2 is 1.55 bits per heavy atom. The van der Waals surface area contributed by atoms with Crippen molar-refractivity contribution < 1.29 is 61.4 Å². The maximum atomic E-state index is 15.0. The van der Waals surface area contributed by atoms with Crippen LogP contribution in [0.2, 0.25) is 0 Å². The van der Waals surface area contributed by atoms with Crippen LogP contribution in [-0.2, 0) is 33.5 Å². The number of esters is 2. The fraction of sp³-hybridized carbons (Fsp3) is 0.531. The number of rotatable bonds is 29. The summed E-state index contributed by atoms with van der Waals surface area (Å²) in [6, 6.07) is 9.42. The number of benzene rings is 2. The van der Waals surface area contributed by atoms with Crippen LogP contribution in [0.15, 0.2) is 52.9 Å². The first-order chi connectivity index (χ1) is 32.4. The number of furan rings is 1. The van der Waals surface area contributed by atoms with Crippen LogP contribution in [0.4, 0.5) is 10.1 Å². The quantitative estimate of drug-likeness (QED) is 0.0206. The van der Waals surface area contributed by atoms with E-state index in [1.165, 1.54) is 24.3 Å². The molecule has 1 fully saturated rings. The highest BCUT2D eigenvalue weighted by Gasteiger charge is 2.34. The smallest absolute Gasteiger partial charge is 0.363 e. The third-order valence-corrected chi connectivity index (χ3v) is 11.2. The standard InChI is InChI=1S/C49H66FN5O12/c1-6-11-14-17-35(39(9-4)55(32-56)67-48(61)34-19-21-40(37(50)28-34)54-24-15-16-25-54)45(58)51-31-52-47(60)42-23-22-41(66-42)33-18-20-36(43(29-33)63-10-5)46(59)53-38(49(62)65-27-13-8-3)30-44(57)64-26-12-7-2/h18-23,28-29,32,35,38-39H,6-17,24-27,30-31H2,1-5H3,(H,51,58)(H,52,60)(H,53,59)/t35-,38+,39-/m1/s1. The van der Waals surface area contributed by atoms with Gasteiger partial charge in [-0.05, 0) is 87.9 Å². The molecule has 17 nitrogen and oxygen atoms in total. The molecular formula is C49H66FN5O12. The van der Waals surface area contributed by atoms with E-state index >= 15 is 4.39 Å². The van der Waals surface area contributed by atoms with Gasteiger partial charge in [-0.3, -0.25) is 24.0 Å². The number of amides is 4. The summed E-state index contributed by atoms with van der Waals surface area (Å²) < 4.78 is 37.2. The molecule has 3 atom stereocenters. The lowest BCUT2D eigenvalue weighted by Gasteiger charge is -2.31. The Bertz CT molecular complexity index is 2120. The molecule has 366 valence electrons. The van der Waals surface area contributed by atoms with E-state index in [4.69, 9.17) is 23.5 Å². The lowest BCUT2D eigenvalue weighted by molar-refractivity contribution is -0.171. The van der Waals surface area contributed by atoms with Gasteiger partial charge in [-0.2, -0.15) is 5.06 Å². The van der Waals surface area contributed by atoms with E-state index in [0.29, 0.717) is 43.3 Å². The molecule has 0 saturated carbocycles. The van der Waals surface area contributed by atoms with Crippen molar-refractivity contribution in [2.75, 3.05) is 44.5 Å². The molecule has 4 amide bonds. The van der Waals surface area contributed by atoms with E-state index in [0.717, 1.165) is 62.7 Å². The third kappa shape index (κ3) is 15.8. The molecule has 1 aromatic heterocycles. The molecule has 0 unspecified atom stereocenters. The van der Waals surface area contributed by atoms with E-state index in [1.54, 1.807) is 32.0 Å². The van der Waals surface area contributed by atoms with Crippen molar-refractivity contribution in [2.45, 2.75) is 124 Å². The maximum absolute atomic E-state index is 15.0. The molecule has 18 heteroatoms. The fourth-order valence-electron chi connectivity index (χ4n) is 7.50. The normalized spacial score (nSPS) is 13.4. The van der Waals surface area contributed by atoms with Crippen molar-refractivity contribution in [1.82, 2.24) is 21.0 Å². The second-order valence-electron chi connectivity index (χ2n) is 16.1. The second-order valence-corrected chi connectivity index (χ2v) is 16.1. The highest BCUT2D eigenvalue weighted by molar-refractivity contribution is 6.00. The highest BCUT2D eigenvalue weighted by atomic mass is 19.1. The summed E-state index contributed by atoms with van der Waals surface area (Å²) in [5, 5.41) is 8.71. The first-order valence-electron chi connectivity index (χ1n) is 23.5. The van der Waals surface area contributed by atoms with E-state index in [2.05, 4.69) is 16.0 Å². The minimum Gasteiger partial charge on any atom is -0.493 e. The number of hydrogen-bond acceptors (Lipinski definition) is 13.